The molecule has 1 aliphatic carbocycles. The molecule has 0 radical (unpaired) electrons. The summed E-state index contributed by atoms with van der Waals surface area (Å²) in [6.45, 7) is 6.80. The van der Waals surface area contributed by atoms with E-state index in [4.69, 9.17) is 5.73 Å². The summed E-state index contributed by atoms with van der Waals surface area (Å²) in [5.41, 5.74) is 7.79. The molecule has 1 aromatic carbocycles. The molecule has 27 heavy (non-hydrogen) atoms. The first-order valence-electron chi connectivity index (χ1n) is 9.11. The van der Waals surface area contributed by atoms with E-state index in [1.54, 1.807) is 39.8 Å². The number of aryl methyl sites for hydroxylation is 1. The molecule has 5 heteroatoms. The maximum Gasteiger partial charge on any atom is 0.223 e. The van der Waals surface area contributed by atoms with Gasteiger partial charge in [0.1, 0.15) is 5.75 Å². The third-order valence-electron chi connectivity index (χ3n) is 5.73. The van der Waals surface area contributed by atoms with Crippen molar-refractivity contribution in [3.63, 3.8) is 0 Å². The minimum absolute atomic E-state index is 0.105. The monoisotopic (exact) mass is 369 g/mol. The summed E-state index contributed by atoms with van der Waals surface area (Å²) < 4.78 is 0. The van der Waals surface area contributed by atoms with Crippen LogP contribution >= 0.6 is 0 Å². The van der Waals surface area contributed by atoms with Gasteiger partial charge in [-0.25, -0.2) is 0 Å². The van der Waals surface area contributed by atoms with E-state index >= 15 is 0 Å². The summed E-state index contributed by atoms with van der Waals surface area (Å²) in [5, 5.41) is 9.37. The second kappa shape index (κ2) is 7.91. The number of phenolic OH excluding ortho intramolecular Hbond substituents is 1. The van der Waals surface area contributed by atoms with E-state index in [0.29, 0.717) is 48.0 Å². The van der Waals surface area contributed by atoms with Crippen molar-refractivity contribution in [3.8, 4) is 5.75 Å². The summed E-state index contributed by atoms with van der Waals surface area (Å²) in [6, 6.07) is 6.83. The van der Waals surface area contributed by atoms with Gasteiger partial charge in [-0.15, -0.1) is 0 Å². The van der Waals surface area contributed by atoms with Crippen LogP contribution in [-0.2, 0) is 20.8 Å². The molecule has 5 nitrogen and oxygen atoms in total. The highest BCUT2D eigenvalue weighted by Gasteiger charge is 2.34. The average Bonchev–Trinajstić information content (AvgIpc) is 2.64. The Bertz CT molecular complexity index is 846. The third kappa shape index (κ3) is 4.35. The molecule has 0 saturated carbocycles. The number of primary amides is 1. The van der Waals surface area contributed by atoms with Crippen LogP contribution in [0.1, 0.15) is 52.5 Å². The Labute approximate surface area is 160 Å². The molecular formula is C22H27NO4. The Morgan fingerprint density at radius 2 is 1.44 bits per heavy atom. The SMILES string of the molecule is CC1=C(C)C(=O)C(CCC(C)(CCc2ccc(O)cc2)C(N)=O)=C(C)C1=O. The standard InChI is InChI=1S/C22H27NO4/c1-13-14(2)20(26)18(15(3)19(13)25)10-12-22(4,21(23)27)11-9-16-5-7-17(24)8-6-16/h5-8,24H,9-12H2,1-4H3,(H2,23,27). The molecule has 1 aromatic rings. The van der Waals surface area contributed by atoms with Gasteiger partial charge in [-0.1, -0.05) is 19.1 Å². The number of hydrogen-bond acceptors (Lipinski definition) is 4. The van der Waals surface area contributed by atoms with Crippen molar-refractivity contribution in [1.29, 1.82) is 0 Å². The summed E-state index contributed by atoms with van der Waals surface area (Å²) >= 11 is 0. The lowest BCUT2D eigenvalue weighted by atomic mass is 9.76. The van der Waals surface area contributed by atoms with Crippen molar-refractivity contribution >= 4 is 17.5 Å². The van der Waals surface area contributed by atoms with Gasteiger partial charge in [0.25, 0.3) is 0 Å². The van der Waals surface area contributed by atoms with Crippen LogP contribution in [0.2, 0.25) is 0 Å². The molecule has 0 spiro atoms. The lowest BCUT2D eigenvalue weighted by molar-refractivity contribution is -0.127. The van der Waals surface area contributed by atoms with E-state index in [1.807, 2.05) is 12.1 Å². The molecule has 0 saturated heterocycles. The molecule has 1 unspecified atom stereocenters. The number of carbonyl (C=O) groups excluding carboxylic acids is 3. The minimum Gasteiger partial charge on any atom is -0.508 e. The number of Topliss-reactive ketones (excluding diaryl/α,β-unsaturated/α-hetero) is 2. The molecule has 0 fully saturated rings. The Morgan fingerprint density at radius 3 is 2.00 bits per heavy atom. The zero-order chi connectivity index (χ0) is 20.4. The van der Waals surface area contributed by atoms with E-state index in [9.17, 15) is 19.5 Å². The lowest BCUT2D eigenvalue weighted by Gasteiger charge is -2.28. The normalized spacial score (nSPS) is 17.3. The molecule has 1 amide bonds. The van der Waals surface area contributed by atoms with Gasteiger partial charge in [-0.3, -0.25) is 14.4 Å². The summed E-state index contributed by atoms with van der Waals surface area (Å²) in [7, 11) is 0. The molecule has 0 aromatic heterocycles. The Hall–Kier alpha value is -2.69. The van der Waals surface area contributed by atoms with Gasteiger partial charge in [0.05, 0.1) is 0 Å². The van der Waals surface area contributed by atoms with Gasteiger partial charge in [0.2, 0.25) is 5.91 Å². The number of nitrogens with two attached hydrogens (primary N) is 1. The van der Waals surface area contributed by atoms with Crippen molar-refractivity contribution in [2.24, 2.45) is 11.1 Å². The number of phenols is 1. The topological polar surface area (TPSA) is 97.5 Å². The zero-order valence-electron chi connectivity index (χ0n) is 16.4. The smallest absolute Gasteiger partial charge is 0.223 e. The van der Waals surface area contributed by atoms with E-state index < -0.39 is 11.3 Å². The molecule has 1 atom stereocenters. The summed E-state index contributed by atoms with van der Waals surface area (Å²) in [4.78, 5) is 37.0. The first-order valence-corrected chi connectivity index (χ1v) is 9.11. The van der Waals surface area contributed by atoms with Crippen molar-refractivity contribution in [2.45, 2.75) is 53.4 Å². The number of aromatic hydroxyl groups is 1. The van der Waals surface area contributed by atoms with Gasteiger partial charge < -0.3 is 10.8 Å². The zero-order valence-corrected chi connectivity index (χ0v) is 16.4. The van der Waals surface area contributed by atoms with Crippen LogP contribution in [-0.4, -0.2) is 22.6 Å². The molecule has 0 aliphatic heterocycles. The highest BCUT2D eigenvalue weighted by atomic mass is 16.3. The van der Waals surface area contributed by atoms with Gasteiger partial charge in [0, 0.05) is 27.7 Å². The van der Waals surface area contributed by atoms with E-state index in [1.165, 1.54) is 0 Å². The fraction of sp³-hybridized carbons (Fsp3) is 0.409. The number of benzene rings is 1. The number of allylic oxidation sites excluding steroid dienone is 4. The molecule has 144 valence electrons. The van der Waals surface area contributed by atoms with Crippen LogP contribution in [0.15, 0.2) is 46.6 Å². The van der Waals surface area contributed by atoms with Crippen LogP contribution < -0.4 is 5.73 Å². The van der Waals surface area contributed by atoms with E-state index in [0.717, 1.165) is 5.56 Å². The quantitative estimate of drug-likeness (QED) is 0.720. The van der Waals surface area contributed by atoms with Crippen LogP contribution in [0.4, 0.5) is 0 Å². The minimum atomic E-state index is -0.793. The van der Waals surface area contributed by atoms with Crippen LogP contribution in [0.3, 0.4) is 0 Å². The fourth-order valence-electron chi connectivity index (χ4n) is 3.31. The Balaban J connectivity index is 2.14. The van der Waals surface area contributed by atoms with Crippen molar-refractivity contribution in [2.75, 3.05) is 0 Å². The van der Waals surface area contributed by atoms with Crippen LogP contribution in [0.5, 0.6) is 5.75 Å². The second-order valence-corrected chi connectivity index (χ2v) is 7.60. The predicted octanol–water partition coefficient (Wildman–Crippen LogP) is 3.40. The van der Waals surface area contributed by atoms with Crippen molar-refractivity contribution in [1.82, 2.24) is 0 Å². The van der Waals surface area contributed by atoms with Gasteiger partial charge in [-0.05, 0) is 64.2 Å². The Kier molecular flexibility index (Phi) is 6.04. The molecular weight excluding hydrogens is 342 g/mol. The maximum absolute atomic E-state index is 12.6. The molecule has 1 aliphatic rings. The maximum atomic E-state index is 12.6. The van der Waals surface area contributed by atoms with E-state index in [2.05, 4.69) is 0 Å². The highest BCUT2D eigenvalue weighted by molar-refractivity contribution is 6.24. The third-order valence-corrected chi connectivity index (χ3v) is 5.73. The summed E-state index contributed by atoms with van der Waals surface area (Å²) in [6.07, 6.45) is 1.90. The molecule has 3 N–H and O–H groups in total. The van der Waals surface area contributed by atoms with Crippen molar-refractivity contribution in [3.05, 3.63) is 52.1 Å². The molecule has 0 heterocycles. The summed E-state index contributed by atoms with van der Waals surface area (Å²) in [5.74, 6) is -0.447. The second-order valence-electron chi connectivity index (χ2n) is 7.60. The predicted molar refractivity (Wildman–Crippen MR) is 104 cm³/mol. The van der Waals surface area contributed by atoms with E-state index in [-0.39, 0.29) is 17.3 Å². The average molecular weight is 369 g/mol. The number of ketones is 2. The number of carbonyl (C=O) groups is 3. The van der Waals surface area contributed by atoms with Crippen LogP contribution in [0, 0.1) is 5.41 Å². The van der Waals surface area contributed by atoms with Gasteiger partial charge >= 0.3 is 0 Å². The van der Waals surface area contributed by atoms with Crippen LogP contribution in [0.25, 0.3) is 0 Å². The molecule has 2 rings (SSSR count). The Morgan fingerprint density at radius 1 is 0.926 bits per heavy atom. The molecule has 0 bridgehead atoms. The highest BCUT2D eigenvalue weighted by Crippen LogP contribution is 2.34. The largest absolute Gasteiger partial charge is 0.508 e. The number of rotatable bonds is 7. The van der Waals surface area contributed by atoms with Gasteiger partial charge in [-0.2, -0.15) is 0 Å². The first-order chi connectivity index (χ1) is 12.6. The first kappa shape index (κ1) is 20.6. The van der Waals surface area contributed by atoms with Crippen molar-refractivity contribution < 1.29 is 19.5 Å². The van der Waals surface area contributed by atoms with Gasteiger partial charge in [0.15, 0.2) is 11.6 Å². The fourth-order valence-corrected chi connectivity index (χ4v) is 3.31. The number of hydrogen-bond donors (Lipinski definition) is 2. The number of amides is 1. The lowest BCUT2D eigenvalue weighted by Crippen LogP contribution is -2.35.